The Morgan fingerprint density at radius 3 is 3.31 bits per heavy atom. The summed E-state index contributed by atoms with van der Waals surface area (Å²) in [5.41, 5.74) is 2.89. The third-order valence-electron chi connectivity index (χ3n) is 3.31. The van der Waals surface area contributed by atoms with Crippen LogP contribution in [0.15, 0.2) is 9.98 Å². The molecule has 1 aromatic rings. The second kappa shape index (κ2) is 4.03. The highest BCUT2D eigenvalue weighted by Crippen LogP contribution is 2.42. The minimum Gasteiger partial charge on any atom is -0.376 e. The Bertz CT molecular complexity index is 400. The molecule has 0 bridgehead atoms. The standard InChI is InChI=1S/C10H13BrN2O2S/c1-6-2-7-3-15-13-10(7,5-14-6)9-12-8(11)4-16-9/h4,6-7,13H,2-3,5H2,1H3/t6-,7-,10-/m1/s1. The first-order valence-electron chi connectivity index (χ1n) is 5.33. The Labute approximate surface area is 106 Å². The zero-order chi connectivity index (χ0) is 11.2. The molecule has 4 nitrogen and oxygen atoms in total. The van der Waals surface area contributed by atoms with E-state index in [1.165, 1.54) is 0 Å². The van der Waals surface area contributed by atoms with Crippen LogP contribution in [0.1, 0.15) is 18.4 Å². The molecule has 0 unspecified atom stereocenters. The number of nitrogens with one attached hydrogen (secondary N) is 1. The molecule has 0 aliphatic carbocycles. The van der Waals surface area contributed by atoms with Gasteiger partial charge in [0.2, 0.25) is 0 Å². The molecule has 2 fully saturated rings. The highest BCUT2D eigenvalue weighted by Gasteiger charge is 2.51. The monoisotopic (exact) mass is 304 g/mol. The topological polar surface area (TPSA) is 43.4 Å². The summed E-state index contributed by atoms with van der Waals surface area (Å²) in [6.45, 7) is 3.49. The summed E-state index contributed by atoms with van der Waals surface area (Å²) in [6.07, 6.45) is 1.33. The molecule has 2 aliphatic rings. The molecule has 0 radical (unpaired) electrons. The Morgan fingerprint density at radius 1 is 1.69 bits per heavy atom. The summed E-state index contributed by atoms with van der Waals surface area (Å²) in [4.78, 5) is 9.93. The first kappa shape index (κ1) is 11.1. The summed E-state index contributed by atoms with van der Waals surface area (Å²) in [7, 11) is 0. The molecule has 3 heterocycles. The van der Waals surface area contributed by atoms with Gasteiger partial charge in [-0.05, 0) is 29.3 Å². The van der Waals surface area contributed by atoms with Gasteiger partial charge in [-0.25, -0.2) is 4.98 Å². The van der Waals surface area contributed by atoms with Crippen molar-refractivity contribution in [3.8, 4) is 0 Å². The van der Waals surface area contributed by atoms with Crippen LogP contribution in [0.3, 0.4) is 0 Å². The molecule has 16 heavy (non-hydrogen) atoms. The maximum absolute atomic E-state index is 5.77. The van der Waals surface area contributed by atoms with E-state index < -0.39 is 0 Å². The van der Waals surface area contributed by atoms with Gasteiger partial charge in [0, 0.05) is 11.3 Å². The Morgan fingerprint density at radius 2 is 2.56 bits per heavy atom. The van der Waals surface area contributed by atoms with Crippen molar-refractivity contribution < 1.29 is 9.57 Å². The summed E-state index contributed by atoms with van der Waals surface area (Å²) >= 11 is 5.04. The number of nitrogens with zero attached hydrogens (tertiary/aromatic N) is 1. The summed E-state index contributed by atoms with van der Waals surface area (Å²) < 4.78 is 6.65. The van der Waals surface area contributed by atoms with Gasteiger partial charge in [-0.2, -0.15) is 5.48 Å². The Kier molecular flexibility index (Phi) is 2.79. The van der Waals surface area contributed by atoms with Gasteiger partial charge < -0.3 is 9.57 Å². The zero-order valence-electron chi connectivity index (χ0n) is 8.90. The van der Waals surface area contributed by atoms with Gasteiger partial charge in [0.25, 0.3) is 0 Å². The number of hydrogen-bond acceptors (Lipinski definition) is 5. The molecule has 1 N–H and O–H groups in total. The molecule has 0 amide bonds. The number of fused-ring (bicyclic) bond motifs is 1. The average Bonchev–Trinajstić information content (AvgIpc) is 2.84. The van der Waals surface area contributed by atoms with Crippen LogP contribution >= 0.6 is 27.3 Å². The molecule has 2 saturated heterocycles. The summed E-state index contributed by atoms with van der Waals surface area (Å²) in [5.74, 6) is 0.453. The van der Waals surface area contributed by atoms with Crippen molar-refractivity contribution in [2.45, 2.75) is 25.0 Å². The quantitative estimate of drug-likeness (QED) is 0.862. The lowest BCUT2D eigenvalue weighted by Crippen LogP contribution is -2.50. The number of hydrogen-bond donors (Lipinski definition) is 1. The van der Waals surface area contributed by atoms with Crippen LogP contribution in [0.25, 0.3) is 0 Å². The smallest absolute Gasteiger partial charge is 0.123 e. The summed E-state index contributed by atoms with van der Waals surface area (Å²) in [6, 6.07) is 0. The van der Waals surface area contributed by atoms with Crippen molar-refractivity contribution in [2.75, 3.05) is 13.2 Å². The van der Waals surface area contributed by atoms with Crippen molar-refractivity contribution in [3.05, 3.63) is 15.0 Å². The highest BCUT2D eigenvalue weighted by atomic mass is 79.9. The van der Waals surface area contributed by atoms with Crippen molar-refractivity contribution in [2.24, 2.45) is 5.92 Å². The van der Waals surface area contributed by atoms with E-state index in [0.717, 1.165) is 22.6 Å². The normalized spacial score (nSPS) is 38.6. The predicted octanol–water partition coefficient (Wildman–Crippen LogP) is 2.06. The largest absolute Gasteiger partial charge is 0.376 e. The third kappa shape index (κ3) is 1.64. The molecule has 6 heteroatoms. The van der Waals surface area contributed by atoms with Gasteiger partial charge in [-0.3, -0.25) is 0 Å². The van der Waals surface area contributed by atoms with Crippen molar-refractivity contribution in [1.82, 2.24) is 10.5 Å². The van der Waals surface area contributed by atoms with Gasteiger partial charge in [0.05, 0.1) is 19.3 Å². The number of thiazole rings is 1. The van der Waals surface area contributed by atoms with E-state index in [-0.39, 0.29) is 5.54 Å². The first-order valence-corrected chi connectivity index (χ1v) is 7.00. The Balaban J connectivity index is 1.96. The van der Waals surface area contributed by atoms with E-state index in [4.69, 9.17) is 9.57 Å². The fourth-order valence-corrected chi connectivity index (χ4v) is 3.86. The molecule has 0 spiro atoms. The van der Waals surface area contributed by atoms with Crippen LogP contribution < -0.4 is 5.48 Å². The number of halogens is 1. The second-order valence-corrected chi connectivity index (χ2v) is 6.08. The average molecular weight is 305 g/mol. The lowest BCUT2D eigenvalue weighted by molar-refractivity contribution is -0.0603. The molecular formula is C10H13BrN2O2S. The first-order chi connectivity index (χ1) is 7.71. The van der Waals surface area contributed by atoms with Crippen LogP contribution in [-0.4, -0.2) is 24.3 Å². The molecule has 2 aliphatic heterocycles. The minimum atomic E-state index is -0.233. The summed E-state index contributed by atoms with van der Waals surface area (Å²) in [5, 5.41) is 3.05. The molecular weight excluding hydrogens is 292 g/mol. The van der Waals surface area contributed by atoms with Crippen molar-refractivity contribution in [1.29, 1.82) is 0 Å². The van der Waals surface area contributed by atoms with Crippen LogP contribution in [0, 0.1) is 5.92 Å². The molecule has 3 rings (SSSR count). The maximum atomic E-state index is 5.77. The fourth-order valence-electron chi connectivity index (χ4n) is 2.39. The van der Waals surface area contributed by atoms with Crippen LogP contribution in [-0.2, 0) is 15.1 Å². The number of aromatic nitrogens is 1. The molecule has 3 atom stereocenters. The third-order valence-corrected chi connectivity index (χ3v) is 5.03. The van der Waals surface area contributed by atoms with Gasteiger partial charge in [0.1, 0.15) is 15.1 Å². The van der Waals surface area contributed by atoms with Crippen molar-refractivity contribution >= 4 is 27.3 Å². The second-order valence-electron chi connectivity index (χ2n) is 4.41. The van der Waals surface area contributed by atoms with Gasteiger partial charge >= 0.3 is 0 Å². The zero-order valence-corrected chi connectivity index (χ0v) is 11.3. The van der Waals surface area contributed by atoms with Crippen LogP contribution in [0.4, 0.5) is 0 Å². The molecule has 88 valence electrons. The van der Waals surface area contributed by atoms with Crippen molar-refractivity contribution in [3.63, 3.8) is 0 Å². The number of rotatable bonds is 1. The van der Waals surface area contributed by atoms with Gasteiger partial charge in [0.15, 0.2) is 0 Å². The van der Waals surface area contributed by atoms with E-state index in [0.29, 0.717) is 18.6 Å². The highest BCUT2D eigenvalue weighted by molar-refractivity contribution is 9.10. The number of hydroxylamine groups is 1. The Hall–Kier alpha value is -0.0100. The lowest BCUT2D eigenvalue weighted by atomic mass is 9.81. The van der Waals surface area contributed by atoms with E-state index in [1.54, 1.807) is 11.3 Å². The van der Waals surface area contributed by atoms with E-state index >= 15 is 0 Å². The van der Waals surface area contributed by atoms with Crippen LogP contribution in [0.2, 0.25) is 0 Å². The van der Waals surface area contributed by atoms with Gasteiger partial charge in [-0.15, -0.1) is 11.3 Å². The predicted molar refractivity (Wildman–Crippen MR) is 64.1 cm³/mol. The van der Waals surface area contributed by atoms with E-state index in [1.807, 2.05) is 5.38 Å². The lowest BCUT2D eigenvalue weighted by Gasteiger charge is -2.38. The molecule has 1 aromatic heterocycles. The SMILES string of the molecule is C[C@@H]1C[C@@H]2CON[C@]2(c2nc(Br)cs2)CO1. The fraction of sp³-hybridized carbons (Fsp3) is 0.700. The van der Waals surface area contributed by atoms with E-state index in [2.05, 4.69) is 33.3 Å². The molecule has 0 aromatic carbocycles. The molecule has 0 saturated carbocycles. The number of ether oxygens (including phenoxy) is 1. The van der Waals surface area contributed by atoms with Crippen LogP contribution in [0.5, 0.6) is 0 Å². The van der Waals surface area contributed by atoms with Gasteiger partial charge in [-0.1, -0.05) is 0 Å². The maximum Gasteiger partial charge on any atom is 0.123 e. The van der Waals surface area contributed by atoms with E-state index in [9.17, 15) is 0 Å². The minimum absolute atomic E-state index is 0.233.